The number of nitrogens with one attached hydrogen (secondary N) is 1. The molecule has 1 N–H and O–H groups in total. The van der Waals surface area contributed by atoms with E-state index < -0.39 is 54.2 Å². The number of methoxy groups -OCH3 is 1. The van der Waals surface area contributed by atoms with Crippen molar-refractivity contribution in [3.63, 3.8) is 0 Å². The van der Waals surface area contributed by atoms with Crippen LogP contribution in [0.2, 0.25) is 0 Å². The summed E-state index contributed by atoms with van der Waals surface area (Å²) in [4.78, 5) is 28.0. The van der Waals surface area contributed by atoms with E-state index in [-0.39, 0.29) is 37.2 Å². The van der Waals surface area contributed by atoms with Crippen LogP contribution in [0.3, 0.4) is 0 Å². The van der Waals surface area contributed by atoms with Gasteiger partial charge in [0, 0.05) is 47.7 Å². The van der Waals surface area contributed by atoms with Crippen LogP contribution in [0, 0.1) is 23.4 Å². The van der Waals surface area contributed by atoms with E-state index in [1.54, 1.807) is 54.6 Å². The Balaban J connectivity index is 1.70. The number of ether oxygens (including phenoxy) is 2. The lowest BCUT2D eigenvalue weighted by molar-refractivity contribution is -0.141. The van der Waals surface area contributed by atoms with Gasteiger partial charge < -0.3 is 19.7 Å². The van der Waals surface area contributed by atoms with Gasteiger partial charge in [-0.3, -0.25) is 4.79 Å². The Morgan fingerprint density at radius 3 is 2.55 bits per heavy atom. The molecule has 0 aromatic heterocycles. The van der Waals surface area contributed by atoms with Crippen LogP contribution in [0.4, 0.5) is 13.2 Å². The highest BCUT2D eigenvalue weighted by molar-refractivity contribution is 5.89. The fourth-order valence-corrected chi connectivity index (χ4v) is 4.82. The van der Waals surface area contributed by atoms with Crippen molar-refractivity contribution in [2.24, 2.45) is 5.92 Å². The summed E-state index contributed by atoms with van der Waals surface area (Å²) in [6.45, 7) is -2.75. The number of likely N-dealkylation sites (tertiary alicyclic amines) is 1. The predicted octanol–water partition coefficient (Wildman–Crippen LogP) is 4.48. The lowest BCUT2D eigenvalue weighted by Crippen LogP contribution is -2.56. The Bertz CT molecular complexity index is 1410. The highest BCUT2D eigenvalue weighted by Crippen LogP contribution is 2.43. The first kappa shape index (κ1) is 23.3. The summed E-state index contributed by atoms with van der Waals surface area (Å²) in [7, 11) is 1.48. The molecule has 0 spiro atoms. The molecule has 0 saturated carbocycles. The summed E-state index contributed by atoms with van der Waals surface area (Å²) in [5, 5.41) is 2.48. The number of halogens is 3. The molecule has 3 aromatic carbocycles. The lowest BCUT2D eigenvalue weighted by Gasteiger charge is -2.47. The number of carbonyl (C=O) groups is 2. The van der Waals surface area contributed by atoms with Gasteiger partial charge in [-0.25, -0.2) is 18.0 Å². The Labute approximate surface area is 223 Å². The quantitative estimate of drug-likeness (QED) is 0.345. The molecule has 1 fully saturated rings. The zero-order valence-electron chi connectivity index (χ0n) is 23.7. The standard InChI is InChI=1S/C29H29F3N2O4/c1-33-17-22-18-34(27(35)14-20-13-25(31)26(32)16-24(20)30)12-11-29(22,21-9-6-10-23(15-21)37-2)38-28(36)19-7-4-3-5-8-19/h3-10,13,15-16,22,33H,11-12,14,17-18H2,1-2H3/t22-,29-/m1/s1/i1D3. The van der Waals surface area contributed by atoms with Gasteiger partial charge in [0.05, 0.1) is 19.1 Å². The van der Waals surface area contributed by atoms with Gasteiger partial charge in [0.15, 0.2) is 11.6 Å². The molecule has 2 atom stereocenters. The molecule has 6 nitrogen and oxygen atoms in total. The minimum atomic E-state index is -2.54. The highest BCUT2D eigenvalue weighted by Gasteiger charge is 2.48. The molecule has 1 heterocycles. The zero-order valence-corrected chi connectivity index (χ0v) is 20.7. The van der Waals surface area contributed by atoms with Gasteiger partial charge in [-0.15, -0.1) is 0 Å². The molecule has 0 radical (unpaired) electrons. The Kier molecular flexibility index (Phi) is 7.16. The number of hydrogen-bond donors (Lipinski definition) is 1. The van der Waals surface area contributed by atoms with Crippen molar-refractivity contribution in [2.75, 3.05) is 33.7 Å². The SMILES string of the molecule is [2H]C([2H])([2H])NC[C@@H]1CN(C(=O)Cc2cc(F)c(F)cc2F)CC[C@@]1(OC(=O)c1ccccc1)c1cccc(OC)c1. The van der Waals surface area contributed by atoms with Crippen LogP contribution in [0.5, 0.6) is 5.75 Å². The first-order valence-corrected chi connectivity index (χ1v) is 12.0. The smallest absolute Gasteiger partial charge is 0.339 e. The first-order valence-electron chi connectivity index (χ1n) is 13.5. The fourth-order valence-electron chi connectivity index (χ4n) is 4.82. The van der Waals surface area contributed by atoms with Crippen LogP contribution < -0.4 is 10.1 Å². The predicted molar refractivity (Wildman–Crippen MR) is 135 cm³/mol. The maximum atomic E-state index is 14.3. The number of hydrogen-bond acceptors (Lipinski definition) is 5. The molecule has 0 aliphatic carbocycles. The third-order valence-electron chi connectivity index (χ3n) is 6.83. The van der Waals surface area contributed by atoms with Gasteiger partial charge in [0.1, 0.15) is 17.2 Å². The van der Waals surface area contributed by atoms with E-state index in [4.69, 9.17) is 13.6 Å². The maximum absolute atomic E-state index is 14.3. The van der Waals surface area contributed by atoms with Gasteiger partial charge in [-0.1, -0.05) is 30.3 Å². The van der Waals surface area contributed by atoms with Crippen molar-refractivity contribution in [1.82, 2.24) is 10.2 Å². The third-order valence-corrected chi connectivity index (χ3v) is 6.83. The summed E-state index contributed by atoms with van der Waals surface area (Å²) in [6, 6.07) is 16.2. The first-order chi connectivity index (χ1) is 19.4. The number of rotatable bonds is 8. The number of piperidine rings is 1. The molecule has 0 unspecified atom stereocenters. The molecule has 1 aliphatic heterocycles. The Morgan fingerprint density at radius 1 is 1.05 bits per heavy atom. The van der Waals surface area contributed by atoms with Crippen LogP contribution in [0.15, 0.2) is 66.7 Å². The molecule has 1 amide bonds. The minimum absolute atomic E-state index is 0.0493. The van der Waals surface area contributed by atoms with E-state index in [1.807, 2.05) is 0 Å². The van der Waals surface area contributed by atoms with Crippen molar-refractivity contribution in [2.45, 2.75) is 18.4 Å². The van der Waals surface area contributed by atoms with Gasteiger partial charge in [-0.2, -0.15) is 0 Å². The number of benzene rings is 3. The van der Waals surface area contributed by atoms with E-state index in [1.165, 1.54) is 12.0 Å². The van der Waals surface area contributed by atoms with Gasteiger partial charge >= 0.3 is 5.97 Å². The molecule has 3 aromatic rings. The number of amides is 1. The molecule has 38 heavy (non-hydrogen) atoms. The lowest BCUT2D eigenvalue weighted by atomic mass is 9.75. The largest absolute Gasteiger partial charge is 0.497 e. The van der Waals surface area contributed by atoms with Crippen LogP contribution in [0.1, 0.15) is 32.0 Å². The van der Waals surface area contributed by atoms with E-state index in [9.17, 15) is 22.8 Å². The van der Waals surface area contributed by atoms with Crippen molar-refractivity contribution < 1.29 is 36.3 Å². The highest BCUT2D eigenvalue weighted by atomic mass is 19.2. The second-order valence-electron chi connectivity index (χ2n) is 9.08. The molecule has 0 bridgehead atoms. The normalized spacial score (nSPS) is 20.7. The molecule has 1 aliphatic rings. The van der Waals surface area contributed by atoms with Crippen LogP contribution in [-0.2, 0) is 21.6 Å². The van der Waals surface area contributed by atoms with Crippen LogP contribution >= 0.6 is 0 Å². The minimum Gasteiger partial charge on any atom is -0.497 e. The summed E-state index contributed by atoms with van der Waals surface area (Å²) < 4.78 is 76.1. The number of carbonyl (C=O) groups excluding carboxylic acids is 2. The average molecular weight is 530 g/mol. The van der Waals surface area contributed by atoms with E-state index in [2.05, 4.69) is 5.32 Å². The van der Waals surface area contributed by atoms with Gasteiger partial charge in [0.25, 0.3) is 0 Å². The summed E-state index contributed by atoms with van der Waals surface area (Å²) in [5.74, 6) is -5.23. The van der Waals surface area contributed by atoms with E-state index >= 15 is 0 Å². The zero-order chi connectivity index (χ0) is 29.8. The van der Waals surface area contributed by atoms with Crippen LogP contribution in [0.25, 0.3) is 0 Å². The van der Waals surface area contributed by atoms with Gasteiger partial charge in [0.2, 0.25) is 5.91 Å². The molecular formula is C29H29F3N2O4. The molecule has 1 saturated heterocycles. The second kappa shape index (κ2) is 11.7. The molecule has 9 heteroatoms. The molecule has 4 rings (SSSR count). The van der Waals surface area contributed by atoms with Gasteiger partial charge in [-0.05, 0) is 42.9 Å². The summed E-state index contributed by atoms with van der Waals surface area (Å²) in [5.41, 5.74) is -0.878. The molecule has 200 valence electrons. The number of esters is 1. The van der Waals surface area contributed by atoms with Crippen molar-refractivity contribution >= 4 is 11.9 Å². The average Bonchev–Trinajstić information content (AvgIpc) is 2.95. The van der Waals surface area contributed by atoms with Crippen LogP contribution in [-0.4, -0.2) is 50.5 Å². The summed E-state index contributed by atoms with van der Waals surface area (Å²) >= 11 is 0. The Morgan fingerprint density at radius 2 is 1.82 bits per heavy atom. The van der Waals surface area contributed by atoms with E-state index in [0.29, 0.717) is 23.4 Å². The molecular weight excluding hydrogens is 497 g/mol. The number of nitrogens with zero attached hydrogens (tertiary/aromatic N) is 1. The van der Waals surface area contributed by atoms with Crippen molar-refractivity contribution in [3.05, 3.63) is 101 Å². The van der Waals surface area contributed by atoms with E-state index in [0.717, 1.165) is 0 Å². The second-order valence-corrected chi connectivity index (χ2v) is 9.08. The maximum Gasteiger partial charge on any atom is 0.339 e. The Hall–Kier alpha value is -3.85. The topological polar surface area (TPSA) is 67.9 Å². The van der Waals surface area contributed by atoms with Crippen molar-refractivity contribution in [3.8, 4) is 5.75 Å². The monoisotopic (exact) mass is 529 g/mol. The summed E-state index contributed by atoms with van der Waals surface area (Å²) in [6.07, 6.45) is -0.476. The third kappa shape index (κ3) is 5.67. The van der Waals surface area contributed by atoms with Crippen molar-refractivity contribution in [1.29, 1.82) is 0 Å². The fraction of sp³-hybridized carbons (Fsp3) is 0.310.